The summed E-state index contributed by atoms with van der Waals surface area (Å²) in [5, 5.41) is 0. The standard InChI is InChI=1S/C24H36O3/c1-5-11-24(27-16(2)25)14-10-21-19-7-6-17-15-18(26)8-12-22(17,3)20(19)9-13-23(21,24)4/h15,19-21H,5-14H2,1-4H3/t19-,20-,21+,22+,23+,24?/m1/s1. The van der Waals surface area contributed by atoms with Crippen LogP contribution in [0.3, 0.4) is 0 Å². The second kappa shape index (κ2) is 6.46. The highest BCUT2D eigenvalue weighted by molar-refractivity contribution is 5.91. The van der Waals surface area contributed by atoms with Crippen LogP contribution in [0.4, 0.5) is 0 Å². The van der Waals surface area contributed by atoms with E-state index in [1.54, 1.807) is 6.92 Å². The van der Waals surface area contributed by atoms with E-state index in [0.29, 0.717) is 23.5 Å². The lowest BCUT2D eigenvalue weighted by Gasteiger charge is -2.59. The lowest BCUT2D eigenvalue weighted by Crippen LogP contribution is -2.56. The summed E-state index contributed by atoms with van der Waals surface area (Å²) in [6.45, 7) is 8.66. The van der Waals surface area contributed by atoms with Crippen molar-refractivity contribution in [2.24, 2.45) is 28.6 Å². The third kappa shape index (κ3) is 2.67. The Hall–Kier alpha value is -1.12. The van der Waals surface area contributed by atoms with Crippen molar-refractivity contribution in [1.29, 1.82) is 0 Å². The van der Waals surface area contributed by atoms with E-state index < -0.39 is 0 Å². The van der Waals surface area contributed by atoms with Gasteiger partial charge in [-0.05, 0) is 80.6 Å². The van der Waals surface area contributed by atoms with Gasteiger partial charge in [-0.15, -0.1) is 0 Å². The Kier molecular flexibility index (Phi) is 4.59. The first-order chi connectivity index (χ1) is 12.8. The van der Waals surface area contributed by atoms with E-state index in [2.05, 4.69) is 20.8 Å². The van der Waals surface area contributed by atoms with Gasteiger partial charge in [0, 0.05) is 18.8 Å². The van der Waals surface area contributed by atoms with Gasteiger partial charge in [-0.1, -0.05) is 32.8 Å². The molecule has 0 N–H and O–H groups in total. The Morgan fingerprint density at radius 2 is 1.85 bits per heavy atom. The van der Waals surface area contributed by atoms with E-state index in [1.807, 2.05) is 6.08 Å². The molecule has 0 bridgehead atoms. The number of fused-ring (bicyclic) bond motifs is 5. The molecular weight excluding hydrogens is 336 g/mol. The van der Waals surface area contributed by atoms with E-state index in [9.17, 15) is 9.59 Å². The normalized spacial score (nSPS) is 46.1. The summed E-state index contributed by atoms with van der Waals surface area (Å²) in [6.07, 6.45) is 12.7. The predicted molar refractivity (Wildman–Crippen MR) is 106 cm³/mol. The summed E-state index contributed by atoms with van der Waals surface area (Å²) in [5.74, 6) is 2.28. The first-order valence-electron chi connectivity index (χ1n) is 11.2. The minimum Gasteiger partial charge on any atom is -0.459 e. The number of carbonyl (C=O) groups excluding carboxylic acids is 2. The number of hydrogen-bond acceptors (Lipinski definition) is 3. The van der Waals surface area contributed by atoms with Crippen LogP contribution in [-0.4, -0.2) is 17.4 Å². The summed E-state index contributed by atoms with van der Waals surface area (Å²) >= 11 is 0. The van der Waals surface area contributed by atoms with Gasteiger partial charge in [0.25, 0.3) is 0 Å². The highest BCUT2D eigenvalue weighted by atomic mass is 16.6. The first-order valence-corrected chi connectivity index (χ1v) is 11.2. The minimum atomic E-state index is -0.261. The molecular formula is C24H36O3. The molecule has 0 heterocycles. The van der Waals surface area contributed by atoms with Gasteiger partial charge in [-0.3, -0.25) is 9.59 Å². The Labute approximate surface area is 164 Å². The maximum Gasteiger partial charge on any atom is 0.303 e. The maximum absolute atomic E-state index is 12.0. The van der Waals surface area contributed by atoms with Crippen LogP contribution in [0.15, 0.2) is 11.6 Å². The molecule has 0 amide bonds. The molecule has 150 valence electrons. The van der Waals surface area contributed by atoms with Gasteiger partial charge < -0.3 is 4.74 Å². The van der Waals surface area contributed by atoms with Gasteiger partial charge in [0.2, 0.25) is 0 Å². The summed E-state index contributed by atoms with van der Waals surface area (Å²) in [6, 6.07) is 0. The molecule has 0 radical (unpaired) electrons. The van der Waals surface area contributed by atoms with Crippen LogP contribution in [0.5, 0.6) is 0 Å². The second-order valence-corrected chi connectivity index (χ2v) is 10.3. The molecule has 4 aliphatic rings. The lowest BCUT2D eigenvalue weighted by molar-refractivity contribution is -0.184. The molecule has 0 saturated heterocycles. The number of allylic oxidation sites excluding steroid dienone is 1. The van der Waals surface area contributed by atoms with Gasteiger partial charge in [0.15, 0.2) is 5.78 Å². The predicted octanol–water partition coefficient (Wildman–Crippen LogP) is 5.62. The average molecular weight is 373 g/mol. The molecule has 3 fully saturated rings. The van der Waals surface area contributed by atoms with Crippen molar-refractivity contribution < 1.29 is 14.3 Å². The second-order valence-electron chi connectivity index (χ2n) is 10.3. The highest BCUT2D eigenvalue weighted by Gasteiger charge is 2.65. The van der Waals surface area contributed by atoms with Gasteiger partial charge in [-0.25, -0.2) is 0 Å². The fourth-order valence-electron chi connectivity index (χ4n) is 7.96. The number of ketones is 1. The fraction of sp³-hybridized carbons (Fsp3) is 0.833. The van der Waals surface area contributed by atoms with E-state index in [0.717, 1.165) is 44.9 Å². The number of hydrogen-bond donors (Lipinski definition) is 0. The van der Waals surface area contributed by atoms with Crippen molar-refractivity contribution in [3.05, 3.63) is 11.6 Å². The largest absolute Gasteiger partial charge is 0.459 e. The molecule has 0 aromatic heterocycles. The maximum atomic E-state index is 12.0. The summed E-state index contributed by atoms with van der Waals surface area (Å²) in [7, 11) is 0. The summed E-state index contributed by atoms with van der Waals surface area (Å²) in [5.41, 5.74) is 1.50. The van der Waals surface area contributed by atoms with Crippen molar-refractivity contribution in [1.82, 2.24) is 0 Å². The molecule has 0 aromatic rings. The Balaban J connectivity index is 1.67. The minimum absolute atomic E-state index is 0.109. The molecule has 1 unspecified atom stereocenters. The van der Waals surface area contributed by atoms with Gasteiger partial charge in [0.1, 0.15) is 5.60 Å². The molecule has 0 aliphatic heterocycles. The van der Waals surface area contributed by atoms with Crippen molar-refractivity contribution in [3.8, 4) is 0 Å². The number of esters is 1. The Morgan fingerprint density at radius 3 is 2.56 bits per heavy atom. The van der Waals surface area contributed by atoms with Crippen LogP contribution < -0.4 is 0 Å². The molecule has 4 rings (SSSR count). The summed E-state index contributed by atoms with van der Waals surface area (Å²) in [4.78, 5) is 24.0. The van der Waals surface area contributed by atoms with Crippen LogP contribution in [0, 0.1) is 28.6 Å². The van der Waals surface area contributed by atoms with E-state index in [-0.39, 0.29) is 22.4 Å². The molecule has 4 aliphatic carbocycles. The van der Waals surface area contributed by atoms with Crippen molar-refractivity contribution in [2.75, 3.05) is 0 Å². The molecule has 6 atom stereocenters. The SMILES string of the molecule is CCCC1(OC(C)=O)CC[C@H]2[C@@H]3CCC4=CC(=O)CC[C@]4(C)[C@@H]3CC[C@@]21C. The quantitative estimate of drug-likeness (QED) is 0.604. The number of ether oxygens (including phenoxy) is 1. The number of carbonyl (C=O) groups is 2. The first kappa shape index (κ1) is 19.2. The van der Waals surface area contributed by atoms with Crippen LogP contribution in [0.25, 0.3) is 0 Å². The van der Waals surface area contributed by atoms with Crippen LogP contribution in [0.1, 0.15) is 91.9 Å². The molecule has 27 heavy (non-hydrogen) atoms. The van der Waals surface area contributed by atoms with Crippen molar-refractivity contribution >= 4 is 11.8 Å². The molecule has 0 spiro atoms. The third-order valence-corrected chi connectivity index (χ3v) is 9.24. The van der Waals surface area contributed by atoms with Gasteiger partial charge in [0.05, 0.1) is 0 Å². The van der Waals surface area contributed by atoms with Crippen LogP contribution in [-0.2, 0) is 14.3 Å². The third-order valence-electron chi connectivity index (χ3n) is 9.24. The monoisotopic (exact) mass is 372 g/mol. The fourth-order valence-corrected chi connectivity index (χ4v) is 7.96. The van der Waals surface area contributed by atoms with E-state index >= 15 is 0 Å². The van der Waals surface area contributed by atoms with E-state index in [1.165, 1.54) is 24.8 Å². The smallest absolute Gasteiger partial charge is 0.303 e. The number of rotatable bonds is 3. The Bertz CT molecular complexity index is 679. The zero-order valence-corrected chi connectivity index (χ0v) is 17.6. The zero-order chi connectivity index (χ0) is 19.4. The van der Waals surface area contributed by atoms with Gasteiger partial charge >= 0.3 is 5.97 Å². The molecule has 0 aromatic carbocycles. The lowest BCUT2D eigenvalue weighted by atomic mass is 9.46. The topological polar surface area (TPSA) is 43.4 Å². The summed E-state index contributed by atoms with van der Waals surface area (Å²) < 4.78 is 6.14. The zero-order valence-electron chi connectivity index (χ0n) is 17.6. The van der Waals surface area contributed by atoms with E-state index in [4.69, 9.17) is 4.74 Å². The molecule has 3 nitrogen and oxygen atoms in total. The molecule has 3 saturated carbocycles. The Morgan fingerprint density at radius 1 is 1.11 bits per heavy atom. The molecule has 3 heteroatoms. The van der Waals surface area contributed by atoms with Crippen molar-refractivity contribution in [3.63, 3.8) is 0 Å². The average Bonchev–Trinajstić information content (AvgIpc) is 2.88. The highest BCUT2D eigenvalue weighted by Crippen LogP contribution is 2.68. The van der Waals surface area contributed by atoms with Crippen LogP contribution in [0.2, 0.25) is 0 Å². The van der Waals surface area contributed by atoms with Crippen molar-refractivity contribution in [2.45, 2.75) is 97.5 Å². The van der Waals surface area contributed by atoms with Crippen LogP contribution >= 0.6 is 0 Å². The van der Waals surface area contributed by atoms with Gasteiger partial charge in [-0.2, -0.15) is 0 Å².